The van der Waals surface area contributed by atoms with Gasteiger partial charge in [-0.25, -0.2) is 0 Å². The molecule has 0 aliphatic carbocycles. The van der Waals surface area contributed by atoms with Gasteiger partial charge in [0.1, 0.15) is 0 Å². The van der Waals surface area contributed by atoms with Crippen molar-refractivity contribution in [2.45, 2.75) is 64.6 Å². The molecule has 1 rings (SSSR count). The molecule has 1 aliphatic rings. The van der Waals surface area contributed by atoms with Crippen molar-refractivity contribution in [1.29, 1.82) is 5.26 Å². The molecule has 1 heterocycles. The third-order valence-electron chi connectivity index (χ3n) is 3.03. The Kier molecular flexibility index (Phi) is 10.2. The van der Waals surface area contributed by atoms with Gasteiger partial charge in [-0.1, -0.05) is 13.3 Å². The molecule has 20 heavy (non-hydrogen) atoms. The molecule has 0 saturated carbocycles. The number of nitriles is 1. The van der Waals surface area contributed by atoms with Gasteiger partial charge in [-0.2, -0.15) is 5.26 Å². The largest absolute Gasteiger partial charge is 0.373 e. The molecule has 0 bridgehead atoms. The van der Waals surface area contributed by atoms with Gasteiger partial charge in [0.2, 0.25) is 0 Å². The third-order valence-corrected chi connectivity index (χ3v) is 4.18. The Labute approximate surface area is 123 Å². The molecule has 1 fully saturated rings. The molecule has 0 aromatic carbocycles. The summed E-state index contributed by atoms with van der Waals surface area (Å²) >= 11 is 0. The lowest BCUT2D eigenvalue weighted by Crippen LogP contribution is -2.28. The van der Waals surface area contributed by atoms with Crippen molar-refractivity contribution >= 4 is 8.60 Å². The van der Waals surface area contributed by atoms with Crippen LogP contribution in [0.15, 0.2) is 0 Å². The Bertz CT molecular complexity index is 285. The smallest absolute Gasteiger partial charge is 0.332 e. The second-order valence-electron chi connectivity index (χ2n) is 4.95. The van der Waals surface area contributed by atoms with Gasteiger partial charge < -0.3 is 18.3 Å². The van der Waals surface area contributed by atoms with E-state index in [0.29, 0.717) is 32.3 Å². The summed E-state index contributed by atoms with van der Waals surface area (Å²) in [6.07, 6.45) is 6.19. The summed E-state index contributed by atoms with van der Waals surface area (Å²) in [4.78, 5) is 0. The van der Waals surface area contributed by atoms with Gasteiger partial charge >= 0.3 is 8.60 Å². The van der Waals surface area contributed by atoms with Crippen LogP contribution in [0.5, 0.6) is 0 Å². The van der Waals surface area contributed by atoms with E-state index in [1.54, 1.807) is 0 Å². The third kappa shape index (κ3) is 8.14. The number of rotatable bonds is 10. The average molecular weight is 303 g/mol. The zero-order valence-electron chi connectivity index (χ0n) is 12.5. The van der Waals surface area contributed by atoms with Crippen molar-refractivity contribution < 1.29 is 18.3 Å². The Hall–Kier alpha value is -0.240. The molecule has 1 saturated heterocycles. The maximum absolute atomic E-state index is 8.53. The molecule has 116 valence electrons. The van der Waals surface area contributed by atoms with E-state index in [1.165, 1.54) is 6.42 Å². The standard InChI is InChI=1S/C14H26NO4P/c1-3-4-10-16-20(17-11-6-9-15)18-12-14-8-5-7-13(2)19-14/h13-14H,3-8,10-12H2,1-2H3. The lowest BCUT2D eigenvalue weighted by molar-refractivity contribution is -0.0616. The Morgan fingerprint density at radius 1 is 1.25 bits per heavy atom. The summed E-state index contributed by atoms with van der Waals surface area (Å²) < 4.78 is 22.6. The lowest BCUT2D eigenvalue weighted by atomic mass is 10.1. The first-order valence-electron chi connectivity index (χ1n) is 7.47. The predicted molar refractivity (Wildman–Crippen MR) is 78.1 cm³/mol. The highest BCUT2D eigenvalue weighted by Gasteiger charge is 2.22. The fraction of sp³-hybridized carbons (Fsp3) is 0.929. The van der Waals surface area contributed by atoms with Crippen LogP contribution < -0.4 is 0 Å². The quantitative estimate of drug-likeness (QED) is 0.452. The van der Waals surface area contributed by atoms with Crippen molar-refractivity contribution in [2.75, 3.05) is 19.8 Å². The zero-order chi connectivity index (χ0) is 14.6. The van der Waals surface area contributed by atoms with E-state index in [2.05, 4.69) is 19.9 Å². The van der Waals surface area contributed by atoms with Crippen molar-refractivity contribution in [1.82, 2.24) is 0 Å². The van der Waals surface area contributed by atoms with E-state index in [4.69, 9.17) is 23.6 Å². The Morgan fingerprint density at radius 3 is 2.75 bits per heavy atom. The SMILES string of the molecule is CCCCOP(OCCC#N)OCC1CCCC(C)O1. The fourth-order valence-electron chi connectivity index (χ4n) is 1.93. The van der Waals surface area contributed by atoms with Gasteiger partial charge in [0.05, 0.1) is 44.5 Å². The van der Waals surface area contributed by atoms with Gasteiger partial charge in [0, 0.05) is 0 Å². The number of nitrogens with zero attached hydrogens (tertiary/aromatic N) is 1. The summed E-state index contributed by atoms with van der Waals surface area (Å²) in [6, 6.07) is 2.05. The van der Waals surface area contributed by atoms with Crippen LogP contribution in [0.4, 0.5) is 0 Å². The van der Waals surface area contributed by atoms with E-state index in [0.717, 1.165) is 25.7 Å². The van der Waals surface area contributed by atoms with Crippen molar-refractivity contribution in [3.8, 4) is 6.07 Å². The molecule has 3 unspecified atom stereocenters. The Balaban J connectivity index is 2.24. The van der Waals surface area contributed by atoms with E-state index < -0.39 is 8.60 Å². The van der Waals surface area contributed by atoms with Gasteiger partial charge in [-0.15, -0.1) is 0 Å². The number of ether oxygens (including phenoxy) is 1. The second-order valence-corrected chi connectivity index (χ2v) is 6.17. The predicted octanol–water partition coefficient (Wildman–Crippen LogP) is 3.93. The maximum Gasteiger partial charge on any atom is 0.332 e. The Morgan fingerprint density at radius 2 is 2.05 bits per heavy atom. The second kappa shape index (κ2) is 11.4. The van der Waals surface area contributed by atoms with Crippen molar-refractivity contribution in [3.05, 3.63) is 0 Å². The molecule has 0 spiro atoms. The zero-order valence-corrected chi connectivity index (χ0v) is 13.4. The van der Waals surface area contributed by atoms with E-state index >= 15 is 0 Å². The average Bonchev–Trinajstić information content (AvgIpc) is 2.44. The van der Waals surface area contributed by atoms with Crippen LogP contribution >= 0.6 is 8.60 Å². The molecule has 0 aromatic rings. The molecular formula is C14H26NO4P. The summed E-state index contributed by atoms with van der Waals surface area (Å²) in [7, 11) is -1.35. The van der Waals surface area contributed by atoms with Crippen LogP contribution in [-0.4, -0.2) is 32.0 Å². The molecule has 1 aliphatic heterocycles. The molecule has 0 radical (unpaired) electrons. The van der Waals surface area contributed by atoms with Gasteiger partial charge in [0.25, 0.3) is 0 Å². The number of hydrogen-bond donors (Lipinski definition) is 0. The van der Waals surface area contributed by atoms with E-state index in [-0.39, 0.29) is 6.10 Å². The first-order valence-corrected chi connectivity index (χ1v) is 8.57. The van der Waals surface area contributed by atoms with E-state index in [1.807, 2.05) is 0 Å². The van der Waals surface area contributed by atoms with Crippen LogP contribution in [0, 0.1) is 11.3 Å². The first kappa shape index (κ1) is 17.8. The molecule has 3 atom stereocenters. The minimum Gasteiger partial charge on any atom is -0.373 e. The van der Waals surface area contributed by atoms with Crippen molar-refractivity contribution in [3.63, 3.8) is 0 Å². The molecule has 5 nitrogen and oxygen atoms in total. The summed E-state index contributed by atoms with van der Waals surface area (Å²) in [5.41, 5.74) is 0. The molecule has 6 heteroatoms. The normalized spacial score (nSPS) is 24.2. The molecular weight excluding hydrogens is 277 g/mol. The first-order chi connectivity index (χ1) is 9.76. The minimum absolute atomic E-state index is 0.137. The van der Waals surface area contributed by atoms with Crippen LogP contribution in [0.2, 0.25) is 0 Å². The van der Waals surface area contributed by atoms with Gasteiger partial charge in [-0.3, -0.25) is 0 Å². The number of hydrogen-bond acceptors (Lipinski definition) is 5. The highest BCUT2D eigenvalue weighted by atomic mass is 31.2. The van der Waals surface area contributed by atoms with Gasteiger partial charge in [-0.05, 0) is 32.6 Å². The van der Waals surface area contributed by atoms with Gasteiger partial charge in [0.15, 0.2) is 0 Å². The lowest BCUT2D eigenvalue weighted by Gasteiger charge is -2.28. The topological polar surface area (TPSA) is 60.7 Å². The maximum atomic E-state index is 8.53. The van der Waals surface area contributed by atoms with E-state index in [9.17, 15) is 0 Å². The van der Waals surface area contributed by atoms with Crippen LogP contribution in [-0.2, 0) is 18.3 Å². The highest BCUT2D eigenvalue weighted by molar-refractivity contribution is 7.41. The molecule has 0 N–H and O–H groups in total. The summed E-state index contributed by atoms with van der Waals surface area (Å²) in [5.74, 6) is 0. The minimum atomic E-state index is -1.35. The number of unbranched alkanes of at least 4 members (excludes halogenated alkanes) is 1. The fourth-order valence-corrected chi connectivity index (χ4v) is 2.96. The summed E-state index contributed by atoms with van der Waals surface area (Å²) in [5, 5.41) is 8.53. The van der Waals surface area contributed by atoms with Crippen LogP contribution in [0.1, 0.15) is 52.4 Å². The van der Waals surface area contributed by atoms with Crippen molar-refractivity contribution in [2.24, 2.45) is 0 Å². The monoisotopic (exact) mass is 303 g/mol. The van der Waals surface area contributed by atoms with Crippen LogP contribution in [0.25, 0.3) is 0 Å². The summed E-state index contributed by atoms with van der Waals surface area (Å²) in [6.45, 7) is 5.71. The highest BCUT2D eigenvalue weighted by Crippen LogP contribution is 2.40. The molecule has 0 aromatic heterocycles. The molecule has 0 amide bonds. The van der Waals surface area contributed by atoms with Crippen LogP contribution in [0.3, 0.4) is 0 Å².